The summed E-state index contributed by atoms with van der Waals surface area (Å²) >= 11 is 0. The molecule has 0 aromatic heterocycles. The second kappa shape index (κ2) is 7.35. The Hall–Kier alpha value is -0.900. The normalized spacial score (nSPS) is 50.4. The van der Waals surface area contributed by atoms with Crippen LogP contribution in [-0.4, -0.2) is 28.1 Å². The maximum Gasteiger partial charge on any atom is 0.303 e. The molecule has 0 heterocycles. The molecule has 0 aromatic rings. The summed E-state index contributed by atoms with van der Waals surface area (Å²) < 4.78 is 0. The third kappa shape index (κ3) is 3.11. The van der Waals surface area contributed by atoms with Gasteiger partial charge in [0.05, 0.1) is 6.10 Å². The van der Waals surface area contributed by atoms with Crippen LogP contribution in [0.3, 0.4) is 0 Å². The topological polar surface area (TPSA) is 74.6 Å². The van der Waals surface area contributed by atoms with Crippen LogP contribution < -0.4 is 0 Å². The highest BCUT2D eigenvalue weighted by molar-refractivity contribution is 5.86. The first-order valence-electron chi connectivity index (χ1n) is 12.1. The fourth-order valence-electron chi connectivity index (χ4n) is 9.03. The molecule has 0 aromatic carbocycles. The summed E-state index contributed by atoms with van der Waals surface area (Å²) in [7, 11) is 0. The summed E-state index contributed by atoms with van der Waals surface area (Å²) in [4.78, 5) is 25.2. The number of fused-ring (bicyclic) bond motifs is 5. The number of aliphatic hydroxyl groups is 1. The Bertz CT molecular complexity index is 674. The van der Waals surface area contributed by atoms with Crippen molar-refractivity contribution >= 4 is 11.8 Å². The number of carboxylic acid groups (broad SMARTS) is 1. The average Bonchev–Trinajstić information content (AvgIpc) is 3.00. The minimum absolute atomic E-state index is 0.0917. The largest absolute Gasteiger partial charge is 0.481 e. The summed E-state index contributed by atoms with van der Waals surface area (Å²) in [5.74, 6) is 1.80. The number of carbonyl (C=O) groups excluding carboxylic acids is 1. The van der Waals surface area contributed by atoms with Gasteiger partial charge in [0.15, 0.2) is 0 Å². The highest BCUT2D eigenvalue weighted by Gasteiger charge is 2.65. The first kappa shape index (κ1) is 21.3. The Balaban J connectivity index is 1.67. The zero-order chi connectivity index (χ0) is 21.1. The Morgan fingerprint density at radius 2 is 1.72 bits per heavy atom. The van der Waals surface area contributed by atoms with Crippen molar-refractivity contribution in [1.82, 2.24) is 0 Å². The molecule has 4 heteroatoms. The Kier molecular flexibility index (Phi) is 5.41. The molecule has 4 aliphatic carbocycles. The molecule has 4 fully saturated rings. The summed E-state index contributed by atoms with van der Waals surface area (Å²) in [5, 5.41) is 19.7. The highest BCUT2D eigenvalue weighted by Crippen LogP contribution is 2.68. The van der Waals surface area contributed by atoms with Crippen LogP contribution in [0.5, 0.6) is 0 Å². The molecule has 0 amide bonds. The Labute approximate surface area is 175 Å². The number of Topliss-reactive ketones (excluding diaryl/α,β-unsaturated/α-hetero) is 1. The predicted molar refractivity (Wildman–Crippen MR) is 112 cm³/mol. The SMILES string of the molecule is CC[C@H]1C(=O)C2[C@H](CCC3(C)[C@@H]([C@H](C)CC(=O)O)CC[C@@H]23)C2(C)CC[C@@H](O)CC12. The van der Waals surface area contributed by atoms with Crippen molar-refractivity contribution in [3.05, 3.63) is 0 Å². The molecule has 10 atom stereocenters. The van der Waals surface area contributed by atoms with E-state index < -0.39 is 5.97 Å². The summed E-state index contributed by atoms with van der Waals surface area (Å²) in [5.41, 5.74) is 0.270. The lowest BCUT2D eigenvalue weighted by Crippen LogP contribution is -2.60. The molecule has 0 spiro atoms. The van der Waals surface area contributed by atoms with E-state index in [4.69, 9.17) is 0 Å². The minimum atomic E-state index is -0.700. The van der Waals surface area contributed by atoms with E-state index in [2.05, 4.69) is 27.7 Å². The van der Waals surface area contributed by atoms with E-state index in [1.54, 1.807) is 0 Å². The maximum absolute atomic E-state index is 13.9. The van der Waals surface area contributed by atoms with Gasteiger partial charge >= 0.3 is 5.97 Å². The average molecular weight is 405 g/mol. The summed E-state index contributed by atoms with van der Waals surface area (Å²) in [6, 6.07) is 0. The van der Waals surface area contributed by atoms with E-state index in [9.17, 15) is 19.8 Å². The van der Waals surface area contributed by atoms with E-state index in [-0.39, 0.29) is 41.1 Å². The van der Waals surface area contributed by atoms with Gasteiger partial charge in [0.25, 0.3) is 0 Å². The summed E-state index contributed by atoms with van der Waals surface area (Å²) in [6.45, 7) is 9.06. The van der Waals surface area contributed by atoms with Gasteiger partial charge in [-0.05, 0) is 91.8 Å². The monoisotopic (exact) mass is 404 g/mol. The predicted octanol–water partition coefficient (Wildman–Crippen LogP) is 4.93. The van der Waals surface area contributed by atoms with Gasteiger partial charge in [0, 0.05) is 18.3 Å². The van der Waals surface area contributed by atoms with Crippen LogP contribution in [-0.2, 0) is 9.59 Å². The van der Waals surface area contributed by atoms with Gasteiger partial charge < -0.3 is 10.2 Å². The number of carboxylic acids is 1. The molecule has 0 radical (unpaired) electrons. The number of aliphatic hydroxyl groups excluding tert-OH is 1. The van der Waals surface area contributed by atoms with Crippen molar-refractivity contribution < 1.29 is 19.8 Å². The third-order valence-corrected chi connectivity index (χ3v) is 10.4. The molecule has 29 heavy (non-hydrogen) atoms. The molecular formula is C25H40O4. The number of hydrogen-bond donors (Lipinski definition) is 2. The van der Waals surface area contributed by atoms with E-state index in [1.165, 1.54) is 0 Å². The van der Waals surface area contributed by atoms with E-state index in [0.717, 1.165) is 51.4 Å². The summed E-state index contributed by atoms with van der Waals surface area (Å²) in [6.07, 6.45) is 7.98. The van der Waals surface area contributed by atoms with Gasteiger partial charge in [-0.15, -0.1) is 0 Å². The zero-order valence-corrected chi connectivity index (χ0v) is 18.7. The number of rotatable bonds is 4. The zero-order valence-electron chi connectivity index (χ0n) is 18.7. The first-order chi connectivity index (χ1) is 13.6. The second-order valence-electron chi connectivity index (χ2n) is 11.5. The Morgan fingerprint density at radius 3 is 2.38 bits per heavy atom. The number of aliphatic carboxylic acids is 1. The molecule has 4 rings (SSSR count). The van der Waals surface area contributed by atoms with Crippen molar-refractivity contribution in [1.29, 1.82) is 0 Å². The van der Waals surface area contributed by atoms with Gasteiger partial charge in [0.2, 0.25) is 0 Å². The van der Waals surface area contributed by atoms with E-state index >= 15 is 0 Å². The van der Waals surface area contributed by atoms with Crippen molar-refractivity contribution in [3.63, 3.8) is 0 Å². The second-order valence-corrected chi connectivity index (χ2v) is 11.5. The van der Waals surface area contributed by atoms with Crippen LogP contribution in [0.25, 0.3) is 0 Å². The van der Waals surface area contributed by atoms with E-state index in [1.807, 2.05) is 0 Å². The highest BCUT2D eigenvalue weighted by atomic mass is 16.4. The van der Waals surface area contributed by atoms with Gasteiger partial charge in [0.1, 0.15) is 5.78 Å². The van der Waals surface area contributed by atoms with Crippen LogP contribution in [0, 0.1) is 52.3 Å². The van der Waals surface area contributed by atoms with E-state index in [0.29, 0.717) is 29.5 Å². The molecule has 0 saturated heterocycles. The molecule has 0 aliphatic heterocycles. The number of hydrogen-bond acceptors (Lipinski definition) is 3. The maximum atomic E-state index is 13.9. The van der Waals surface area contributed by atoms with Crippen molar-refractivity contribution in [3.8, 4) is 0 Å². The van der Waals surface area contributed by atoms with Crippen LogP contribution in [0.2, 0.25) is 0 Å². The number of ketones is 1. The molecule has 4 unspecified atom stereocenters. The third-order valence-electron chi connectivity index (χ3n) is 10.4. The standard InChI is InChI=1S/C25H40O4/c1-5-16-20-13-15(26)8-10-25(20,4)19-9-11-24(3)17(14(2)12-21(27)28)6-7-18(24)22(19)23(16)29/h14-20,22,26H,5-13H2,1-4H3,(H,27,28)/t14-,15-,16-,17-,18+,19+,20?,22?,24?,25?/m1/s1. The molecule has 4 aliphatic rings. The molecule has 4 nitrogen and oxygen atoms in total. The molecule has 2 N–H and O–H groups in total. The van der Waals surface area contributed by atoms with Crippen LogP contribution in [0.4, 0.5) is 0 Å². The Morgan fingerprint density at radius 1 is 1.07 bits per heavy atom. The lowest BCUT2D eigenvalue weighted by atomic mass is 9.42. The van der Waals surface area contributed by atoms with Crippen LogP contribution in [0.15, 0.2) is 0 Å². The first-order valence-corrected chi connectivity index (χ1v) is 12.1. The minimum Gasteiger partial charge on any atom is -0.481 e. The lowest BCUT2D eigenvalue weighted by molar-refractivity contribution is -0.173. The van der Waals surface area contributed by atoms with Gasteiger partial charge in [-0.3, -0.25) is 9.59 Å². The van der Waals surface area contributed by atoms with Gasteiger partial charge in [-0.25, -0.2) is 0 Å². The van der Waals surface area contributed by atoms with Crippen molar-refractivity contribution in [2.45, 2.75) is 91.6 Å². The smallest absolute Gasteiger partial charge is 0.303 e. The molecule has 0 bridgehead atoms. The lowest BCUT2D eigenvalue weighted by Gasteiger charge is -2.62. The molecule has 164 valence electrons. The number of carbonyl (C=O) groups is 2. The van der Waals surface area contributed by atoms with Crippen LogP contribution in [0.1, 0.15) is 85.5 Å². The van der Waals surface area contributed by atoms with Gasteiger partial charge in [-0.2, -0.15) is 0 Å². The van der Waals surface area contributed by atoms with Gasteiger partial charge in [-0.1, -0.05) is 27.7 Å². The fraction of sp³-hybridized carbons (Fsp3) is 0.920. The van der Waals surface area contributed by atoms with Crippen molar-refractivity contribution in [2.75, 3.05) is 0 Å². The quantitative estimate of drug-likeness (QED) is 0.696. The van der Waals surface area contributed by atoms with Crippen LogP contribution >= 0.6 is 0 Å². The molecule has 4 saturated carbocycles. The van der Waals surface area contributed by atoms with Crippen molar-refractivity contribution in [2.24, 2.45) is 52.3 Å². The molecular weight excluding hydrogens is 364 g/mol. The fourth-order valence-corrected chi connectivity index (χ4v) is 9.03.